The van der Waals surface area contributed by atoms with Crippen LogP contribution in [-0.4, -0.2) is 222 Å². The van der Waals surface area contributed by atoms with Gasteiger partial charge in [-0.3, -0.25) is 52.8 Å². The molecule has 0 aliphatic carbocycles. The van der Waals surface area contributed by atoms with Crippen LogP contribution in [0.15, 0.2) is 72.8 Å². The number of benzene rings is 3. The minimum Gasteiger partial charge on any atom is -0.376 e. The van der Waals surface area contributed by atoms with Gasteiger partial charge in [0, 0.05) is 72.3 Å². The van der Waals surface area contributed by atoms with Crippen LogP contribution in [0.1, 0.15) is 104 Å². The molecule has 1 aliphatic rings. The van der Waals surface area contributed by atoms with Gasteiger partial charge in [-0.05, 0) is 106 Å². The van der Waals surface area contributed by atoms with Crippen LogP contribution in [0, 0.1) is 29.4 Å². The monoisotopic (exact) mass is 1290 g/mol. The van der Waals surface area contributed by atoms with Gasteiger partial charge in [-0.2, -0.15) is 0 Å². The highest BCUT2D eigenvalue weighted by Gasteiger charge is 2.41. The molecule has 0 bridgehead atoms. The Balaban J connectivity index is 1.85. The number of amides is 10. The van der Waals surface area contributed by atoms with Crippen molar-refractivity contribution < 1.29 is 61.8 Å². The summed E-state index contributed by atoms with van der Waals surface area (Å²) < 4.78 is 29.3. The van der Waals surface area contributed by atoms with Gasteiger partial charge in [0.25, 0.3) is 0 Å². The summed E-state index contributed by atoms with van der Waals surface area (Å²) in [7, 11) is 9.79. The first-order valence-electron chi connectivity index (χ1n) is 31.0. The number of nitrogens with one attached hydrogen (secondary N) is 4. The molecule has 0 saturated carbocycles. The molecule has 25 heteroatoms. The Morgan fingerprint density at radius 2 is 1.16 bits per heavy atom. The Kier molecular flexibility index (Phi) is 29.4. The van der Waals surface area contributed by atoms with E-state index in [9.17, 15) is 52.6 Å². The Morgan fingerprint density at radius 1 is 0.582 bits per heavy atom. The van der Waals surface area contributed by atoms with E-state index < -0.39 is 151 Å². The molecule has 1 heterocycles. The van der Waals surface area contributed by atoms with Crippen molar-refractivity contribution in [1.82, 2.24) is 55.6 Å². The lowest BCUT2D eigenvalue weighted by Crippen LogP contribution is -2.61. The molecule has 1 fully saturated rings. The van der Waals surface area contributed by atoms with Gasteiger partial charge in [0.2, 0.25) is 59.1 Å². The highest BCUT2D eigenvalue weighted by Crippen LogP contribution is 2.23. The van der Waals surface area contributed by atoms with Gasteiger partial charge >= 0.3 is 0 Å². The maximum atomic E-state index is 15.2. The molecule has 1 saturated heterocycles. The maximum absolute atomic E-state index is 15.2. The van der Waals surface area contributed by atoms with Crippen molar-refractivity contribution in [2.45, 2.75) is 161 Å². The predicted molar refractivity (Wildman–Crippen MR) is 342 cm³/mol. The van der Waals surface area contributed by atoms with E-state index in [1.807, 2.05) is 34.6 Å². The van der Waals surface area contributed by atoms with Crippen LogP contribution in [-0.2, 0) is 67.2 Å². The van der Waals surface area contributed by atoms with E-state index in [1.165, 1.54) is 77.0 Å². The number of carbonyl (C=O) groups excluding carboxylic acids is 10. The lowest BCUT2D eigenvalue weighted by molar-refractivity contribution is -0.148. The smallest absolute Gasteiger partial charge is 0.245 e. The van der Waals surface area contributed by atoms with Crippen LogP contribution in [0.3, 0.4) is 0 Å². The highest BCUT2D eigenvalue weighted by atomic mass is 35.5. The van der Waals surface area contributed by atoms with Crippen molar-refractivity contribution in [3.63, 3.8) is 0 Å². The first kappa shape index (κ1) is 75.9. The SMILES string of the molecule is CC[C@H](C)[C@@H]1NC(=O)[C@H](C)N(C)C(=O)C[C@@H](C)NC(=O)[C@H](CC(C)C)N(C)C(=O)[C@H](Cc2ccccc2)N(C)C(O)[C@H](CC(C)C)NC(=O)[C@H](CCc2ccc(F)cc2F)NC(=O)CN(C)C(=O)[C@H](Cc2ccc(Cl)cc2)N(C)C(=O)CN(C)C(=O)CN(C)C1=O. The van der Waals surface area contributed by atoms with E-state index in [1.54, 1.807) is 68.4 Å². The maximum Gasteiger partial charge on any atom is 0.245 e. The third-order valence-electron chi connectivity index (χ3n) is 16.9. The topological polar surface area (TPSA) is 262 Å². The molecule has 22 nitrogen and oxygen atoms in total. The van der Waals surface area contributed by atoms with Gasteiger partial charge in [0.1, 0.15) is 48.1 Å². The molecule has 1 unspecified atom stereocenters. The number of carbonyl (C=O) groups is 10. The first-order valence-corrected chi connectivity index (χ1v) is 31.4. The van der Waals surface area contributed by atoms with E-state index in [-0.39, 0.29) is 62.3 Å². The molecule has 91 heavy (non-hydrogen) atoms. The summed E-state index contributed by atoms with van der Waals surface area (Å²) in [6.45, 7) is 12.3. The molecule has 3 aromatic rings. The normalized spacial score (nSPS) is 24.6. The largest absolute Gasteiger partial charge is 0.376 e. The standard InChI is InChI=1S/C66H96ClF2N11O11/c1-16-41(6)59-66(91)76(11)37-57(83)74(9)38-58(84)78(13)53(34-45-22-26-47(67)27-23-45)64(89)75(10)36-55(81)71-50(29-25-46-24-28-48(68)35-49(46)69)61(86)72-51(30-39(2)3)63(88)80(15)54(33-44-20-18-17-19-21-44)65(90)79(14)52(31-40(4)5)62(87)70-42(7)32-56(82)77(12)43(8)60(85)73-59/h17-24,26-28,35,39-43,50-54,59,63,88H,16,25,29-34,36-38H2,1-15H3,(H,70,87)(H,71,81)(H,72,86)(H,73,85)/t41-,42+,43-,50-,51-,52-,53-,54-,59-,63?/m0/s1. The molecule has 0 aromatic heterocycles. The van der Waals surface area contributed by atoms with Gasteiger partial charge in [-0.1, -0.05) is 108 Å². The van der Waals surface area contributed by atoms with Crippen molar-refractivity contribution in [2.75, 3.05) is 69.0 Å². The molecule has 502 valence electrons. The zero-order chi connectivity index (χ0) is 68.3. The van der Waals surface area contributed by atoms with Crippen molar-refractivity contribution in [1.29, 1.82) is 0 Å². The minimum atomic E-state index is -1.61. The molecule has 0 spiro atoms. The average Bonchev–Trinajstić information content (AvgIpc) is 1.67. The van der Waals surface area contributed by atoms with Gasteiger partial charge in [0.15, 0.2) is 0 Å². The highest BCUT2D eigenvalue weighted by molar-refractivity contribution is 6.30. The Bertz CT molecular complexity index is 3000. The van der Waals surface area contributed by atoms with Crippen molar-refractivity contribution >= 4 is 70.7 Å². The zero-order valence-electron chi connectivity index (χ0n) is 55.4. The van der Waals surface area contributed by atoms with Gasteiger partial charge < -0.3 is 55.8 Å². The number of aliphatic hydroxyl groups is 1. The third-order valence-corrected chi connectivity index (χ3v) is 17.1. The summed E-state index contributed by atoms with van der Waals surface area (Å²) in [5, 5.41) is 24.2. The van der Waals surface area contributed by atoms with E-state index in [0.717, 1.165) is 25.7 Å². The lowest BCUT2D eigenvalue weighted by Gasteiger charge is -2.40. The molecule has 10 atom stereocenters. The number of halogens is 3. The summed E-state index contributed by atoms with van der Waals surface area (Å²) in [5.41, 5.74) is 1.29. The van der Waals surface area contributed by atoms with Crippen molar-refractivity contribution in [3.8, 4) is 0 Å². The summed E-state index contributed by atoms with van der Waals surface area (Å²) in [4.78, 5) is 152. The molecule has 10 amide bonds. The number of hydrogen-bond donors (Lipinski definition) is 5. The summed E-state index contributed by atoms with van der Waals surface area (Å²) >= 11 is 6.21. The van der Waals surface area contributed by atoms with E-state index in [2.05, 4.69) is 21.3 Å². The Labute approximate surface area is 540 Å². The Morgan fingerprint density at radius 3 is 1.76 bits per heavy atom. The van der Waals surface area contributed by atoms with Gasteiger partial charge in [0.05, 0.1) is 31.7 Å². The second-order valence-corrected chi connectivity index (χ2v) is 25.6. The van der Waals surface area contributed by atoms with Gasteiger partial charge in [-0.25, -0.2) is 8.78 Å². The summed E-state index contributed by atoms with van der Waals surface area (Å²) in [6.07, 6.45) is -1.67. The first-order chi connectivity index (χ1) is 42.6. The van der Waals surface area contributed by atoms with Crippen LogP contribution in [0.4, 0.5) is 8.78 Å². The third kappa shape index (κ3) is 22.4. The van der Waals surface area contributed by atoms with E-state index in [4.69, 9.17) is 11.6 Å². The fourth-order valence-electron chi connectivity index (χ4n) is 10.7. The number of rotatable bonds is 13. The molecule has 4 rings (SSSR count). The van der Waals surface area contributed by atoms with Crippen molar-refractivity contribution in [3.05, 3.63) is 106 Å². The zero-order valence-corrected chi connectivity index (χ0v) is 56.2. The van der Waals surface area contributed by atoms with Crippen LogP contribution in [0.5, 0.6) is 0 Å². The summed E-state index contributed by atoms with van der Waals surface area (Å²) in [5.74, 6) is -9.27. The summed E-state index contributed by atoms with van der Waals surface area (Å²) in [6, 6.07) is 9.14. The van der Waals surface area contributed by atoms with Crippen molar-refractivity contribution in [2.24, 2.45) is 17.8 Å². The molecule has 3 aromatic carbocycles. The molecular weight excluding hydrogens is 1200 g/mol. The number of nitrogens with zero attached hydrogens (tertiary/aromatic N) is 7. The second-order valence-electron chi connectivity index (χ2n) is 25.2. The van der Waals surface area contributed by atoms with E-state index >= 15 is 9.18 Å². The fraction of sp³-hybridized carbons (Fsp3) is 0.576. The van der Waals surface area contributed by atoms with E-state index in [0.29, 0.717) is 28.6 Å². The number of aliphatic hydroxyl groups excluding tert-OH is 1. The van der Waals surface area contributed by atoms with Crippen LogP contribution in [0.25, 0.3) is 0 Å². The average molecular weight is 1290 g/mol. The lowest BCUT2D eigenvalue weighted by atomic mass is 9.96. The molecule has 1 aliphatic heterocycles. The molecule has 0 radical (unpaired) electrons. The quantitative estimate of drug-likeness (QED) is 0.163. The molecular formula is C66H96ClF2N11O11. The Hall–Kier alpha value is -7.57. The minimum absolute atomic E-state index is 0.0242. The second kappa shape index (κ2) is 35.3. The number of aryl methyl sites for hydroxylation is 1. The number of hydrogen-bond acceptors (Lipinski definition) is 12. The fourth-order valence-corrected chi connectivity index (χ4v) is 10.8. The number of likely N-dealkylation sites (N-methyl/N-ethyl adjacent to an activating group) is 7. The van der Waals surface area contributed by atoms with Gasteiger partial charge in [-0.15, -0.1) is 0 Å². The van der Waals surface area contributed by atoms with Crippen LogP contribution in [0.2, 0.25) is 5.02 Å². The molecule has 5 N–H and O–H groups in total. The predicted octanol–water partition coefficient (Wildman–Crippen LogP) is 4.03. The van der Waals surface area contributed by atoms with Crippen LogP contribution >= 0.6 is 11.6 Å². The van der Waals surface area contributed by atoms with Crippen LogP contribution < -0.4 is 21.3 Å².